The minimum absolute atomic E-state index is 0.283. The molecule has 0 unspecified atom stereocenters. The molecule has 0 amide bonds. The summed E-state index contributed by atoms with van der Waals surface area (Å²) in [5, 5.41) is 0. The van der Waals surface area contributed by atoms with E-state index in [1.165, 1.54) is 36.8 Å². The average Bonchev–Trinajstić information content (AvgIpc) is 3.10. The van der Waals surface area contributed by atoms with Crippen LogP contribution in [-0.4, -0.2) is 5.97 Å². The molecule has 2 heteroatoms. The molecule has 2 nitrogen and oxygen atoms in total. The summed E-state index contributed by atoms with van der Waals surface area (Å²) in [6.07, 6.45) is 11.1. The average molecular weight is 358 g/mol. The van der Waals surface area contributed by atoms with E-state index in [1.807, 2.05) is 24.3 Å². The Morgan fingerprint density at radius 1 is 1.11 bits per heavy atom. The second kappa shape index (κ2) is 6.37. The third-order valence-corrected chi connectivity index (χ3v) is 7.24. The summed E-state index contributed by atoms with van der Waals surface area (Å²) in [5.41, 5.74) is 3.89. The van der Waals surface area contributed by atoms with Crippen LogP contribution in [0.1, 0.15) is 60.0 Å². The number of aryl methyl sites for hydroxylation is 1. The van der Waals surface area contributed by atoms with E-state index in [-0.39, 0.29) is 5.97 Å². The number of carbonyl (C=O) groups is 1. The first kappa shape index (κ1) is 16.8. The molecular weight excluding hydrogens is 332 g/mol. The maximum Gasteiger partial charge on any atom is 0.343 e. The number of carbonyl (C=O) groups excluding carboxylic acids is 1. The van der Waals surface area contributed by atoms with Crippen LogP contribution in [0.15, 0.2) is 60.7 Å². The Morgan fingerprint density at radius 2 is 1.96 bits per heavy atom. The minimum atomic E-state index is -0.283. The van der Waals surface area contributed by atoms with Crippen LogP contribution in [-0.2, 0) is 6.42 Å². The lowest BCUT2D eigenvalue weighted by Crippen LogP contribution is -2.39. The third-order valence-electron chi connectivity index (χ3n) is 7.24. The van der Waals surface area contributed by atoms with E-state index in [0.717, 1.165) is 18.3 Å². The van der Waals surface area contributed by atoms with Gasteiger partial charge in [-0.1, -0.05) is 43.3 Å². The van der Waals surface area contributed by atoms with Crippen molar-refractivity contribution in [2.24, 2.45) is 17.3 Å². The largest absolute Gasteiger partial charge is 0.423 e. The first-order valence-electron chi connectivity index (χ1n) is 10.2. The number of esters is 1. The number of benzene rings is 2. The van der Waals surface area contributed by atoms with Gasteiger partial charge in [0.25, 0.3) is 0 Å². The number of ether oxygens (including phenoxy) is 1. The minimum Gasteiger partial charge on any atom is -0.423 e. The predicted molar refractivity (Wildman–Crippen MR) is 107 cm³/mol. The normalized spacial score (nSPS) is 30.9. The van der Waals surface area contributed by atoms with Crippen LogP contribution >= 0.6 is 0 Å². The standard InChI is InChI=1S/C25H26O2/c1-25-14-5-8-23(25)22-11-9-18-16-19(10-12-20(18)21(22)13-15-25)27-24(26)17-6-3-2-4-7-17/h2-7,10,12,14,16,21-23H,8-9,11,13,15H2,1H3/t21-,22-,23-,25+/m0/s1. The van der Waals surface area contributed by atoms with Crippen molar-refractivity contribution in [1.29, 1.82) is 0 Å². The summed E-state index contributed by atoms with van der Waals surface area (Å²) in [5.74, 6) is 2.66. The second-order valence-electron chi connectivity index (χ2n) is 8.71. The van der Waals surface area contributed by atoms with Gasteiger partial charge in [-0.05, 0) is 90.7 Å². The van der Waals surface area contributed by atoms with Gasteiger partial charge in [0.05, 0.1) is 5.56 Å². The highest BCUT2D eigenvalue weighted by Gasteiger charge is 2.48. The molecule has 2 aromatic carbocycles. The van der Waals surface area contributed by atoms with Gasteiger partial charge in [0.2, 0.25) is 0 Å². The Balaban J connectivity index is 1.37. The molecule has 0 radical (unpaired) electrons. The van der Waals surface area contributed by atoms with Crippen molar-refractivity contribution in [3.63, 3.8) is 0 Å². The summed E-state index contributed by atoms with van der Waals surface area (Å²) in [4.78, 5) is 12.3. The molecule has 0 spiro atoms. The summed E-state index contributed by atoms with van der Waals surface area (Å²) in [6.45, 7) is 2.46. The Morgan fingerprint density at radius 3 is 2.81 bits per heavy atom. The molecule has 4 atom stereocenters. The fourth-order valence-corrected chi connectivity index (χ4v) is 5.84. The smallest absolute Gasteiger partial charge is 0.343 e. The molecule has 1 saturated carbocycles. The van der Waals surface area contributed by atoms with E-state index >= 15 is 0 Å². The molecule has 0 heterocycles. The zero-order chi connectivity index (χ0) is 18.4. The van der Waals surface area contributed by atoms with E-state index < -0.39 is 0 Å². The van der Waals surface area contributed by atoms with Crippen LogP contribution in [0.3, 0.4) is 0 Å². The van der Waals surface area contributed by atoms with Gasteiger partial charge in [0.1, 0.15) is 5.75 Å². The number of fused-ring (bicyclic) bond motifs is 5. The Hall–Kier alpha value is -2.35. The van der Waals surface area contributed by atoms with Crippen molar-refractivity contribution >= 4 is 5.97 Å². The fraction of sp³-hybridized carbons (Fsp3) is 0.400. The van der Waals surface area contributed by atoms with E-state index in [1.54, 1.807) is 12.1 Å². The molecular formula is C25H26O2. The lowest BCUT2D eigenvalue weighted by atomic mass is 9.56. The van der Waals surface area contributed by atoms with E-state index in [0.29, 0.717) is 22.6 Å². The van der Waals surface area contributed by atoms with Crippen LogP contribution in [0.2, 0.25) is 0 Å². The van der Waals surface area contributed by atoms with E-state index in [4.69, 9.17) is 4.74 Å². The van der Waals surface area contributed by atoms with Crippen LogP contribution in [0.4, 0.5) is 0 Å². The van der Waals surface area contributed by atoms with Crippen LogP contribution < -0.4 is 4.74 Å². The molecule has 3 aliphatic carbocycles. The molecule has 0 bridgehead atoms. The van der Waals surface area contributed by atoms with Crippen molar-refractivity contribution in [2.45, 2.75) is 44.9 Å². The molecule has 0 aliphatic heterocycles. The quantitative estimate of drug-likeness (QED) is 0.378. The van der Waals surface area contributed by atoms with Gasteiger partial charge < -0.3 is 4.74 Å². The van der Waals surface area contributed by atoms with Gasteiger partial charge in [-0.15, -0.1) is 0 Å². The molecule has 2 aromatic rings. The third kappa shape index (κ3) is 2.82. The number of hydrogen-bond acceptors (Lipinski definition) is 2. The van der Waals surface area contributed by atoms with Crippen LogP contribution in [0.5, 0.6) is 5.75 Å². The van der Waals surface area contributed by atoms with Crippen molar-refractivity contribution < 1.29 is 9.53 Å². The van der Waals surface area contributed by atoms with Crippen LogP contribution in [0.25, 0.3) is 0 Å². The maximum atomic E-state index is 12.3. The first-order valence-corrected chi connectivity index (χ1v) is 10.2. The summed E-state index contributed by atoms with van der Waals surface area (Å²) in [7, 11) is 0. The van der Waals surface area contributed by atoms with Gasteiger partial charge in [-0.2, -0.15) is 0 Å². The molecule has 138 valence electrons. The van der Waals surface area contributed by atoms with Gasteiger partial charge in [-0.3, -0.25) is 0 Å². The summed E-state index contributed by atoms with van der Waals surface area (Å²) >= 11 is 0. The van der Waals surface area contributed by atoms with E-state index in [9.17, 15) is 4.79 Å². The predicted octanol–water partition coefficient (Wildman–Crippen LogP) is 5.93. The molecule has 0 aromatic heterocycles. The SMILES string of the molecule is C[C@]12C=CC[C@H]1[C@H]1CCc3cc(OC(=O)c4ccccc4)ccc3[C@@H]1CC2. The summed E-state index contributed by atoms with van der Waals surface area (Å²) in [6, 6.07) is 15.5. The topological polar surface area (TPSA) is 26.3 Å². The van der Waals surface area contributed by atoms with Gasteiger partial charge >= 0.3 is 5.97 Å². The highest BCUT2D eigenvalue weighted by molar-refractivity contribution is 5.91. The fourth-order valence-electron chi connectivity index (χ4n) is 5.84. The number of rotatable bonds is 2. The van der Waals surface area contributed by atoms with Crippen molar-refractivity contribution in [3.8, 4) is 5.75 Å². The van der Waals surface area contributed by atoms with Crippen molar-refractivity contribution in [2.75, 3.05) is 0 Å². The van der Waals surface area contributed by atoms with Crippen molar-refractivity contribution in [3.05, 3.63) is 77.4 Å². The Kier molecular flexibility index (Phi) is 3.96. The molecule has 27 heavy (non-hydrogen) atoms. The number of hydrogen-bond donors (Lipinski definition) is 0. The van der Waals surface area contributed by atoms with Crippen LogP contribution in [0, 0.1) is 17.3 Å². The molecule has 0 saturated heterocycles. The van der Waals surface area contributed by atoms with E-state index in [2.05, 4.69) is 31.2 Å². The molecule has 1 fully saturated rings. The number of allylic oxidation sites excluding steroid dienone is 2. The zero-order valence-electron chi connectivity index (χ0n) is 15.9. The molecule has 0 N–H and O–H groups in total. The summed E-state index contributed by atoms with van der Waals surface area (Å²) < 4.78 is 5.64. The monoisotopic (exact) mass is 358 g/mol. The highest BCUT2D eigenvalue weighted by atomic mass is 16.5. The molecule has 5 rings (SSSR count). The molecule has 3 aliphatic rings. The maximum absolute atomic E-state index is 12.3. The lowest BCUT2D eigenvalue weighted by molar-refractivity contribution is 0.0732. The van der Waals surface area contributed by atoms with Gasteiger partial charge in [0, 0.05) is 0 Å². The lowest BCUT2D eigenvalue weighted by Gasteiger charge is -2.49. The second-order valence-corrected chi connectivity index (χ2v) is 8.71. The zero-order valence-corrected chi connectivity index (χ0v) is 15.9. The highest BCUT2D eigenvalue weighted by Crippen LogP contribution is 2.58. The first-order chi connectivity index (χ1) is 13.1. The van der Waals surface area contributed by atoms with Crippen molar-refractivity contribution in [1.82, 2.24) is 0 Å². The Labute approximate surface area is 161 Å². The Bertz CT molecular complexity index is 898. The van der Waals surface area contributed by atoms with Gasteiger partial charge in [-0.25, -0.2) is 4.79 Å². The van der Waals surface area contributed by atoms with Gasteiger partial charge in [0.15, 0.2) is 0 Å².